The zero-order valence-electron chi connectivity index (χ0n) is 21.4. The Balaban J connectivity index is 2.11. The van der Waals surface area contributed by atoms with Gasteiger partial charge in [-0.15, -0.1) is 11.3 Å². The van der Waals surface area contributed by atoms with Crippen molar-refractivity contribution < 1.29 is 40.7 Å². The summed E-state index contributed by atoms with van der Waals surface area (Å²) in [7, 11) is -3.95. The van der Waals surface area contributed by atoms with E-state index in [1.54, 1.807) is 6.92 Å². The maximum Gasteiger partial charge on any atom is 0.417 e. The molecule has 0 aliphatic carbocycles. The quantitative estimate of drug-likeness (QED) is 0.377. The third-order valence-corrected chi connectivity index (χ3v) is 8.16. The molecule has 0 saturated carbocycles. The number of aromatic nitrogens is 2. The van der Waals surface area contributed by atoms with Crippen LogP contribution < -0.4 is 10.0 Å². The number of nitrogens with one attached hydrogen (secondary N) is 2. The minimum absolute atomic E-state index is 0.0136. The normalized spacial score (nSPS) is 15.3. The first kappa shape index (κ1) is 30.7. The number of carbonyl (C=O) groups excluding carboxylic acids is 2. The number of pyridine rings is 1. The van der Waals surface area contributed by atoms with Crippen LogP contribution in [0.4, 0.5) is 23.4 Å². The minimum atomic E-state index is -5.00. The van der Waals surface area contributed by atoms with Gasteiger partial charge in [-0.1, -0.05) is 6.92 Å². The molecule has 0 atom stereocenters. The van der Waals surface area contributed by atoms with Gasteiger partial charge in [0.2, 0.25) is 10.0 Å². The van der Waals surface area contributed by atoms with E-state index in [0.717, 1.165) is 6.20 Å². The lowest BCUT2D eigenvalue weighted by Gasteiger charge is -2.28. The number of piperidine rings is 1. The second-order valence-corrected chi connectivity index (χ2v) is 12.5. The van der Waals surface area contributed by atoms with Crippen LogP contribution in [0.15, 0.2) is 12.3 Å². The number of amides is 2. The van der Waals surface area contributed by atoms with E-state index in [0.29, 0.717) is 17.4 Å². The molecule has 0 radical (unpaired) electrons. The van der Waals surface area contributed by atoms with Gasteiger partial charge in [0.05, 0.1) is 21.8 Å². The molecule has 2 aromatic heterocycles. The van der Waals surface area contributed by atoms with Gasteiger partial charge in [0.1, 0.15) is 17.7 Å². The average molecular weight is 596 g/mol. The summed E-state index contributed by atoms with van der Waals surface area (Å²) in [6, 6.07) is 0.513. The van der Waals surface area contributed by atoms with E-state index in [-0.39, 0.29) is 54.5 Å². The number of likely N-dealkylation sites (tertiary alicyclic amines) is 1. The molecule has 2 amide bonds. The highest BCUT2D eigenvalue weighted by atomic mass is 32.2. The van der Waals surface area contributed by atoms with Crippen molar-refractivity contribution >= 4 is 39.0 Å². The zero-order chi connectivity index (χ0) is 29.2. The standard InChI is InChI=1S/C23H29F4N5O5S2/c1-4-9-39(36,37)31-16-10-15(23(25,26)27)14(11-28-16)18-17(21(34)32-7-5-13(24)6-8-32)30-20(38-18)19(33)29-12-22(2,3)35/h10-11,13,35H,4-9,12H2,1-3H3,(H,28,31)(H,29,33). The Hall–Kier alpha value is -2.85. The Bertz CT molecular complexity index is 1320. The number of aliphatic hydroxyl groups is 1. The summed E-state index contributed by atoms with van der Waals surface area (Å²) >= 11 is 0.517. The van der Waals surface area contributed by atoms with Gasteiger partial charge < -0.3 is 15.3 Å². The summed E-state index contributed by atoms with van der Waals surface area (Å²) in [6.45, 7) is 4.28. The lowest BCUT2D eigenvalue weighted by atomic mass is 10.1. The molecule has 3 heterocycles. The third-order valence-electron chi connectivity index (χ3n) is 5.60. The van der Waals surface area contributed by atoms with Gasteiger partial charge in [-0.2, -0.15) is 13.2 Å². The van der Waals surface area contributed by atoms with E-state index in [1.807, 2.05) is 4.72 Å². The number of thiazole rings is 1. The Morgan fingerprint density at radius 2 is 1.87 bits per heavy atom. The second-order valence-electron chi connectivity index (χ2n) is 9.69. The summed E-state index contributed by atoms with van der Waals surface area (Å²) < 4.78 is 82.4. The van der Waals surface area contributed by atoms with Gasteiger partial charge in [0.15, 0.2) is 5.01 Å². The molecule has 3 N–H and O–H groups in total. The molecule has 0 unspecified atom stereocenters. The molecular weight excluding hydrogens is 566 g/mol. The van der Waals surface area contributed by atoms with Crippen LogP contribution in [0.25, 0.3) is 10.4 Å². The highest BCUT2D eigenvalue weighted by Crippen LogP contribution is 2.42. The van der Waals surface area contributed by atoms with Gasteiger partial charge in [0.25, 0.3) is 11.8 Å². The predicted octanol–water partition coefficient (Wildman–Crippen LogP) is 3.45. The average Bonchev–Trinajstić information content (AvgIpc) is 3.26. The van der Waals surface area contributed by atoms with Gasteiger partial charge >= 0.3 is 6.18 Å². The molecule has 2 aromatic rings. The number of hydrogen-bond acceptors (Lipinski definition) is 8. The van der Waals surface area contributed by atoms with Crippen LogP contribution in [-0.2, 0) is 16.2 Å². The summed E-state index contributed by atoms with van der Waals surface area (Å²) in [5.41, 5.74) is -3.62. The van der Waals surface area contributed by atoms with Crippen LogP contribution in [0.3, 0.4) is 0 Å². The van der Waals surface area contributed by atoms with E-state index in [4.69, 9.17) is 0 Å². The second kappa shape index (κ2) is 11.7. The fraction of sp³-hybridized carbons (Fsp3) is 0.565. The van der Waals surface area contributed by atoms with Crippen molar-refractivity contribution in [1.82, 2.24) is 20.2 Å². The number of anilines is 1. The molecule has 39 heavy (non-hydrogen) atoms. The van der Waals surface area contributed by atoms with E-state index < -0.39 is 62.4 Å². The van der Waals surface area contributed by atoms with Crippen molar-refractivity contribution in [3.05, 3.63) is 28.5 Å². The van der Waals surface area contributed by atoms with Crippen LogP contribution in [0, 0.1) is 0 Å². The van der Waals surface area contributed by atoms with Crippen LogP contribution in [0.1, 0.15) is 65.9 Å². The summed E-state index contributed by atoms with van der Waals surface area (Å²) in [5.74, 6) is -2.50. The number of nitrogens with zero attached hydrogens (tertiary/aromatic N) is 3. The SMILES string of the molecule is CCCS(=O)(=O)Nc1cc(C(F)(F)F)c(-c2sc(C(=O)NCC(C)(C)O)nc2C(=O)N2CCC(F)CC2)cn1. The number of hydrogen-bond donors (Lipinski definition) is 3. The number of rotatable bonds is 9. The van der Waals surface area contributed by atoms with Crippen molar-refractivity contribution in [2.75, 3.05) is 30.1 Å². The monoisotopic (exact) mass is 595 g/mol. The smallest absolute Gasteiger partial charge is 0.389 e. The number of alkyl halides is 4. The first-order chi connectivity index (χ1) is 18.0. The molecule has 16 heteroatoms. The molecule has 216 valence electrons. The highest BCUT2D eigenvalue weighted by Gasteiger charge is 2.38. The summed E-state index contributed by atoms with van der Waals surface area (Å²) in [5, 5.41) is 12.0. The molecule has 1 aliphatic rings. The highest BCUT2D eigenvalue weighted by molar-refractivity contribution is 7.92. The Kier molecular flexibility index (Phi) is 9.22. The van der Waals surface area contributed by atoms with Crippen molar-refractivity contribution in [3.8, 4) is 10.4 Å². The van der Waals surface area contributed by atoms with Gasteiger partial charge in [-0.3, -0.25) is 14.3 Å². The number of carbonyl (C=O) groups is 2. The molecule has 10 nitrogen and oxygen atoms in total. The Morgan fingerprint density at radius 1 is 1.23 bits per heavy atom. The van der Waals surface area contributed by atoms with Gasteiger partial charge in [0, 0.05) is 31.4 Å². The molecule has 1 aliphatic heterocycles. The van der Waals surface area contributed by atoms with E-state index in [1.165, 1.54) is 18.7 Å². The van der Waals surface area contributed by atoms with Crippen LogP contribution >= 0.6 is 11.3 Å². The predicted molar refractivity (Wildman–Crippen MR) is 137 cm³/mol. The maximum absolute atomic E-state index is 14.2. The number of sulfonamides is 1. The third kappa shape index (κ3) is 8.08. The maximum atomic E-state index is 14.2. The van der Waals surface area contributed by atoms with Crippen molar-refractivity contribution in [1.29, 1.82) is 0 Å². The van der Waals surface area contributed by atoms with Crippen LogP contribution in [0.2, 0.25) is 0 Å². The molecule has 3 rings (SSSR count). The molecule has 1 fully saturated rings. The fourth-order valence-corrected chi connectivity index (χ4v) is 5.79. The van der Waals surface area contributed by atoms with Gasteiger partial charge in [-0.25, -0.2) is 22.8 Å². The molecule has 0 spiro atoms. The van der Waals surface area contributed by atoms with E-state index >= 15 is 0 Å². The van der Waals surface area contributed by atoms with E-state index in [2.05, 4.69) is 15.3 Å². The van der Waals surface area contributed by atoms with E-state index in [9.17, 15) is 40.7 Å². The molecule has 1 saturated heterocycles. The molecule has 0 aromatic carbocycles. The lowest BCUT2D eigenvalue weighted by Crippen LogP contribution is -2.39. The molecule has 0 bridgehead atoms. The van der Waals surface area contributed by atoms with Crippen LogP contribution in [-0.4, -0.2) is 77.4 Å². The number of halogens is 4. The minimum Gasteiger partial charge on any atom is -0.389 e. The van der Waals surface area contributed by atoms with Crippen LogP contribution in [0.5, 0.6) is 0 Å². The van der Waals surface area contributed by atoms with Crippen molar-refractivity contribution in [2.45, 2.75) is 58.0 Å². The largest absolute Gasteiger partial charge is 0.417 e. The topological polar surface area (TPSA) is 142 Å². The summed E-state index contributed by atoms with van der Waals surface area (Å²) in [4.78, 5) is 34.9. The molecular formula is C23H29F4N5O5S2. The van der Waals surface area contributed by atoms with Gasteiger partial charge in [-0.05, 0) is 39.2 Å². The van der Waals surface area contributed by atoms with Crippen molar-refractivity contribution in [3.63, 3.8) is 0 Å². The Labute approximate surface area is 226 Å². The lowest BCUT2D eigenvalue weighted by molar-refractivity contribution is -0.137. The Morgan fingerprint density at radius 3 is 2.44 bits per heavy atom. The first-order valence-corrected chi connectivity index (χ1v) is 14.5. The van der Waals surface area contributed by atoms with Crippen molar-refractivity contribution in [2.24, 2.45) is 0 Å². The fourth-order valence-electron chi connectivity index (χ4n) is 3.72. The summed E-state index contributed by atoms with van der Waals surface area (Å²) in [6.07, 6.45) is -5.02. The first-order valence-electron chi connectivity index (χ1n) is 12.0. The zero-order valence-corrected chi connectivity index (χ0v) is 23.1.